The quantitative estimate of drug-likeness (QED) is 0.874. The summed E-state index contributed by atoms with van der Waals surface area (Å²) in [6.07, 6.45) is 3.63. The molecule has 1 fully saturated rings. The molecule has 0 aliphatic carbocycles. The molecule has 23 heavy (non-hydrogen) atoms. The van der Waals surface area contributed by atoms with Crippen LogP contribution in [0.1, 0.15) is 5.56 Å². The first-order valence-corrected chi connectivity index (χ1v) is 8.05. The molecule has 120 valence electrons. The summed E-state index contributed by atoms with van der Waals surface area (Å²) in [5.41, 5.74) is 2.22. The molecule has 0 radical (unpaired) electrons. The van der Waals surface area contributed by atoms with E-state index in [4.69, 9.17) is 12.2 Å². The van der Waals surface area contributed by atoms with Gasteiger partial charge in [-0.05, 0) is 42.0 Å². The minimum Gasteiger partial charge on any atom is -0.368 e. The molecule has 4 nitrogen and oxygen atoms in total. The minimum absolute atomic E-state index is 0.219. The van der Waals surface area contributed by atoms with Gasteiger partial charge in [-0.2, -0.15) is 0 Å². The van der Waals surface area contributed by atoms with Crippen molar-refractivity contribution in [3.05, 3.63) is 60.2 Å². The molecule has 0 amide bonds. The van der Waals surface area contributed by atoms with Crippen molar-refractivity contribution in [3.8, 4) is 0 Å². The second kappa shape index (κ2) is 7.37. The van der Waals surface area contributed by atoms with E-state index < -0.39 is 0 Å². The van der Waals surface area contributed by atoms with Crippen LogP contribution in [0.15, 0.2) is 48.8 Å². The number of pyridine rings is 1. The third-order valence-electron chi connectivity index (χ3n) is 3.95. The SMILES string of the molecule is Fc1ccc(CNC(=S)N2CCN(c3ccncc3)CC2)cc1. The summed E-state index contributed by atoms with van der Waals surface area (Å²) in [4.78, 5) is 8.56. The number of hydrogen-bond donors (Lipinski definition) is 1. The standard InChI is InChI=1S/C17H19FN4S/c18-15-3-1-14(2-4-15)13-20-17(23)22-11-9-21(10-12-22)16-5-7-19-8-6-16/h1-8H,9-13H2,(H,20,23). The molecule has 1 aliphatic heterocycles. The second-order valence-electron chi connectivity index (χ2n) is 5.46. The highest BCUT2D eigenvalue weighted by Crippen LogP contribution is 2.14. The molecular formula is C17H19FN4S. The van der Waals surface area contributed by atoms with Crippen LogP contribution >= 0.6 is 12.2 Å². The zero-order valence-electron chi connectivity index (χ0n) is 12.8. The lowest BCUT2D eigenvalue weighted by molar-refractivity contribution is 0.380. The Balaban J connectivity index is 1.47. The Morgan fingerprint density at radius 2 is 1.70 bits per heavy atom. The Kier molecular flexibility index (Phi) is 5.02. The van der Waals surface area contributed by atoms with Gasteiger partial charge in [0.1, 0.15) is 5.82 Å². The fourth-order valence-corrected chi connectivity index (χ4v) is 2.87. The van der Waals surface area contributed by atoms with Crippen LogP contribution < -0.4 is 10.2 Å². The summed E-state index contributed by atoms with van der Waals surface area (Å²) in [6, 6.07) is 10.5. The van der Waals surface area contributed by atoms with E-state index >= 15 is 0 Å². The van der Waals surface area contributed by atoms with E-state index in [0.717, 1.165) is 36.9 Å². The Morgan fingerprint density at radius 1 is 1.04 bits per heavy atom. The zero-order chi connectivity index (χ0) is 16.1. The van der Waals surface area contributed by atoms with Crippen LogP contribution in [0.25, 0.3) is 0 Å². The number of aromatic nitrogens is 1. The molecule has 1 aromatic carbocycles. The topological polar surface area (TPSA) is 31.4 Å². The molecule has 0 unspecified atom stereocenters. The van der Waals surface area contributed by atoms with Gasteiger partial charge in [-0.3, -0.25) is 4.98 Å². The summed E-state index contributed by atoms with van der Waals surface area (Å²) in [5, 5.41) is 4.00. The lowest BCUT2D eigenvalue weighted by atomic mass is 10.2. The highest BCUT2D eigenvalue weighted by Gasteiger charge is 2.18. The molecule has 3 rings (SSSR count). The van der Waals surface area contributed by atoms with E-state index in [1.807, 2.05) is 24.5 Å². The van der Waals surface area contributed by atoms with E-state index in [0.29, 0.717) is 6.54 Å². The molecule has 1 N–H and O–H groups in total. The van der Waals surface area contributed by atoms with Gasteiger partial charge in [0.25, 0.3) is 0 Å². The first-order chi connectivity index (χ1) is 11.2. The number of anilines is 1. The van der Waals surface area contributed by atoms with Crippen LogP contribution in [0.3, 0.4) is 0 Å². The lowest BCUT2D eigenvalue weighted by Crippen LogP contribution is -2.51. The highest BCUT2D eigenvalue weighted by molar-refractivity contribution is 7.80. The molecule has 0 atom stereocenters. The van der Waals surface area contributed by atoms with Crippen molar-refractivity contribution in [3.63, 3.8) is 0 Å². The number of benzene rings is 1. The maximum atomic E-state index is 12.9. The van der Waals surface area contributed by atoms with Crippen molar-refractivity contribution >= 4 is 23.0 Å². The Hall–Kier alpha value is -2.21. The lowest BCUT2D eigenvalue weighted by Gasteiger charge is -2.37. The van der Waals surface area contributed by atoms with Crippen LogP contribution in [-0.4, -0.2) is 41.2 Å². The van der Waals surface area contributed by atoms with Gasteiger partial charge in [0, 0.05) is 50.8 Å². The molecule has 1 saturated heterocycles. The minimum atomic E-state index is -0.219. The maximum absolute atomic E-state index is 12.9. The molecule has 0 saturated carbocycles. The van der Waals surface area contributed by atoms with E-state index in [-0.39, 0.29) is 5.82 Å². The van der Waals surface area contributed by atoms with Crippen LogP contribution in [-0.2, 0) is 6.54 Å². The Bertz CT molecular complexity index is 639. The fourth-order valence-electron chi connectivity index (χ4n) is 2.61. The smallest absolute Gasteiger partial charge is 0.169 e. The number of piperazine rings is 1. The number of nitrogens with one attached hydrogen (secondary N) is 1. The van der Waals surface area contributed by atoms with E-state index in [2.05, 4.69) is 20.1 Å². The number of halogens is 1. The third-order valence-corrected chi connectivity index (χ3v) is 4.35. The molecule has 2 aromatic rings. The van der Waals surface area contributed by atoms with Crippen molar-refractivity contribution in [2.45, 2.75) is 6.54 Å². The fraction of sp³-hybridized carbons (Fsp3) is 0.294. The van der Waals surface area contributed by atoms with Crippen LogP contribution in [0.4, 0.5) is 10.1 Å². The van der Waals surface area contributed by atoms with Gasteiger partial charge in [0.2, 0.25) is 0 Å². The summed E-state index contributed by atoms with van der Waals surface area (Å²) >= 11 is 5.47. The van der Waals surface area contributed by atoms with Gasteiger partial charge in [0.05, 0.1) is 0 Å². The first-order valence-electron chi connectivity index (χ1n) is 7.64. The normalized spacial score (nSPS) is 14.7. The van der Waals surface area contributed by atoms with E-state index in [9.17, 15) is 4.39 Å². The zero-order valence-corrected chi connectivity index (χ0v) is 13.6. The van der Waals surface area contributed by atoms with Crippen molar-refractivity contribution in [1.82, 2.24) is 15.2 Å². The average Bonchev–Trinajstić information content (AvgIpc) is 2.62. The number of hydrogen-bond acceptors (Lipinski definition) is 3. The maximum Gasteiger partial charge on any atom is 0.169 e. The number of thiocarbonyl (C=S) groups is 1. The molecular weight excluding hydrogens is 311 g/mol. The van der Waals surface area contributed by atoms with Crippen molar-refractivity contribution in [2.75, 3.05) is 31.1 Å². The van der Waals surface area contributed by atoms with Crippen molar-refractivity contribution in [2.24, 2.45) is 0 Å². The van der Waals surface area contributed by atoms with Gasteiger partial charge >= 0.3 is 0 Å². The first kappa shape index (κ1) is 15.7. The summed E-state index contributed by atoms with van der Waals surface area (Å²) in [5.74, 6) is -0.219. The van der Waals surface area contributed by atoms with Crippen molar-refractivity contribution < 1.29 is 4.39 Å². The van der Waals surface area contributed by atoms with Crippen LogP contribution in [0.5, 0.6) is 0 Å². The molecule has 1 aliphatic rings. The van der Waals surface area contributed by atoms with Gasteiger partial charge in [-0.1, -0.05) is 12.1 Å². The molecule has 1 aromatic heterocycles. The van der Waals surface area contributed by atoms with Crippen LogP contribution in [0, 0.1) is 5.82 Å². The van der Waals surface area contributed by atoms with E-state index in [1.54, 1.807) is 12.1 Å². The number of nitrogens with zero attached hydrogens (tertiary/aromatic N) is 3. The summed E-state index contributed by atoms with van der Waals surface area (Å²) in [7, 11) is 0. The predicted molar refractivity (Wildman–Crippen MR) is 93.9 cm³/mol. The second-order valence-corrected chi connectivity index (χ2v) is 5.85. The van der Waals surface area contributed by atoms with Crippen LogP contribution in [0.2, 0.25) is 0 Å². The largest absolute Gasteiger partial charge is 0.368 e. The van der Waals surface area contributed by atoms with Crippen molar-refractivity contribution in [1.29, 1.82) is 0 Å². The molecule has 2 heterocycles. The summed E-state index contributed by atoms with van der Waals surface area (Å²) in [6.45, 7) is 4.25. The predicted octanol–water partition coefficient (Wildman–Crippen LogP) is 2.42. The monoisotopic (exact) mass is 330 g/mol. The van der Waals surface area contributed by atoms with Gasteiger partial charge in [-0.15, -0.1) is 0 Å². The van der Waals surface area contributed by atoms with E-state index in [1.165, 1.54) is 17.8 Å². The van der Waals surface area contributed by atoms with Gasteiger partial charge in [-0.25, -0.2) is 4.39 Å². The Labute approximate surface area is 140 Å². The molecule has 0 bridgehead atoms. The highest BCUT2D eigenvalue weighted by atomic mass is 32.1. The molecule has 0 spiro atoms. The third kappa shape index (κ3) is 4.16. The molecule has 6 heteroatoms. The van der Waals surface area contributed by atoms with Gasteiger partial charge in [0.15, 0.2) is 5.11 Å². The number of rotatable bonds is 3. The van der Waals surface area contributed by atoms with Gasteiger partial charge < -0.3 is 15.1 Å². The Morgan fingerprint density at radius 3 is 2.35 bits per heavy atom. The summed E-state index contributed by atoms with van der Waals surface area (Å²) < 4.78 is 12.9. The average molecular weight is 330 g/mol.